The molecule has 0 unspecified atom stereocenters. The van der Waals surface area contributed by atoms with Gasteiger partial charge in [0.1, 0.15) is 22.8 Å². The first-order valence-electron chi connectivity index (χ1n) is 3.98. The molecular formula is C9H10O5. The van der Waals surface area contributed by atoms with Gasteiger partial charge < -0.3 is 20.1 Å². The van der Waals surface area contributed by atoms with Gasteiger partial charge in [-0.25, -0.2) is 4.79 Å². The van der Waals surface area contributed by atoms with Crippen molar-refractivity contribution < 1.29 is 24.9 Å². The number of carbonyl (C=O) groups is 1. The van der Waals surface area contributed by atoms with E-state index in [1.807, 2.05) is 0 Å². The van der Waals surface area contributed by atoms with Crippen molar-refractivity contribution in [1.82, 2.24) is 0 Å². The van der Waals surface area contributed by atoms with Crippen molar-refractivity contribution in [3.05, 3.63) is 17.7 Å². The van der Waals surface area contributed by atoms with Gasteiger partial charge in [0, 0.05) is 12.1 Å². The highest BCUT2D eigenvalue weighted by Gasteiger charge is 2.16. The van der Waals surface area contributed by atoms with Gasteiger partial charge in [-0.3, -0.25) is 0 Å². The summed E-state index contributed by atoms with van der Waals surface area (Å²) in [5.41, 5.74) is -0.520. The Balaban J connectivity index is 3.18. The van der Waals surface area contributed by atoms with Gasteiger partial charge >= 0.3 is 5.97 Å². The molecule has 0 aliphatic carbocycles. The molecule has 1 rings (SSSR count). The summed E-state index contributed by atoms with van der Waals surface area (Å²) in [5, 5.41) is 27.1. The molecule has 0 bridgehead atoms. The lowest BCUT2D eigenvalue weighted by Gasteiger charge is -2.07. The molecule has 0 aliphatic heterocycles. The summed E-state index contributed by atoms with van der Waals surface area (Å²) in [6.45, 7) is 2.10. The molecule has 0 amide bonds. The second-order valence-electron chi connectivity index (χ2n) is 2.57. The van der Waals surface area contributed by atoms with Gasteiger partial charge in [-0.2, -0.15) is 0 Å². The summed E-state index contributed by atoms with van der Waals surface area (Å²) in [7, 11) is 0. The second kappa shape index (κ2) is 3.87. The third-order valence-corrected chi connectivity index (χ3v) is 1.60. The second-order valence-corrected chi connectivity index (χ2v) is 2.57. The molecule has 0 atom stereocenters. The fourth-order valence-corrected chi connectivity index (χ4v) is 1.06. The summed E-state index contributed by atoms with van der Waals surface area (Å²) in [4.78, 5) is 10.6. The van der Waals surface area contributed by atoms with Crippen LogP contribution in [-0.4, -0.2) is 27.9 Å². The van der Waals surface area contributed by atoms with Crippen LogP contribution in [0.15, 0.2) is 12.1 Å². The monoisotopic (exact) mass is 198 g/mol. The lowest BCUT2D eigenvalue weighted by molar-refractivity contribution is 0.0690. The van der Waals surface area contributed by atoms with Crippen molar-refractivity contribution in [3.8, 4) is 17.2 Å². The standard InChI is InChI=1S/C9H10O5/c1-2-14-5-3-6(10)8(9(12)13)7(11)4-5/h3-4,10-11H,2H2,1H3,(H,12,13). The number of ether oxygens (including phenoxy) is 1. The molecule has 76 valence electrons. The third-order valence-electron chi connectivity index (χ3n) is 1.60. The minimum atomic E-state index is -1.39. The molecule has 1 aromatic rings. The molecule has 14 heavy (non-hydrogen) atoms. The maximum Gasteiger partial charge on any atom is 0.343 e. The average Bonchev–Trinajstić information content (AvgIpc) is 2.01. The molecule has 1 aromatic carbocycles. The van der Waals surface area contributed by atoms with E-state index in [-0.39, 0.29) is 5.75 Å². The Morgan fingerprint density at radius 2 is 1.86 bits per heavy atom. The Morgan fingerprint density at radius 3 is 2.21 bits per heavy atom. The first-order chi connectivity index (χ1) is 6.56. The molecule has 0 aromatic heterocycles. The Morgan fingerprint density at radius 1 is 1.36 bits per heavy atom. The van der Waals surface area contributed by atoms with Crippen LogP contribution in [0, 0.1) is 0 Å². The van der Waals surface area contributed by atoms with E-state index in [0.29, 0.717) is 6.61 Å². The lowest BCUT2D eigenvalue weighted by atomic mass is 10.1. The van der Waals surface area contributed by atoms with Gasteiger partial charge in [0.05, 0.1) is 6.61 Å². The summed E-state index contributed by atoms with van der Waals surface area (Å²) in [5.74, 6) is -2.18. The predicted molar refractivity (Wildman–Crippen MR) is 47.9 cm³/mol. The van der Waals surface area contributed by atoms with Crippen molar-refractivity contribution in [2.45, 2.75) is 6.92 Å². The SMILES string of the molecule is CCOc1cc(O)c(C(=O)O)c(O)c1. The first-order valence-corrected chi connectivity index (χ1v) is 3.98. The molecular weight excluding hydrogens is 188 g/mol. The van der Waals surface area contributed by atoms with Crippen LogP contribution in [0.25, 0.3) is 0 Å². The number of benzene rings is 1. The quantitative estimate of drug-likeness (QED) is 0.679. The smallest absolute Gasteiger partial charge is 0.343 e. The van der Waals surface area contributed by atoms with E-state index < -0.39 is 23.0 Å². The topological polar surface area (TPSA) is 87.0 Å². The highest BCUT2D eigenvalue weighted by molar-refractivity contribution is 5.94. The Bertz CT molecular complexity index is 335. The fraction of sp³-hybridized carbons (Fsp3) is 0.222. The maximum absolute atomic E-state index is 10.6. The maximum atomic E-state index is 10.6. The summed E-state index contributed by atoms with van der Waals surface area (Å²) >= 11 is 0. The van der Waals surface area contributed by atoms with Crippen LogP contribution in [0.3, 0.4) is 0 Å². The molecule has 0 saturated carbocycles. The lowest BCUT2D eigenvalue weighted by Crippen LogP contribution is -1.99. The van der Waals surface area contributed by atoms with Crippen LogP contribution in [0.1, 0.15) is 17.3 Å². The zero-order valence-corrected chi connectivity index (χ0v) is 7.52. The van der Waals surface area contributed by atoms with E-state index in [1.165, 1.54) is 0 Å². The van der Waals surface area contributed by atoms with Gasteiger partial charge in [-0.1, -0.05) is 0 Å². The Hall–Kier alpha value is -1.91. The van der Waals surface area contributed by atoms with Gasteiger partial charge in [-0.15, -0.1) is 0 Å². The van der Waals surface area contributed by atoms with E-state index in [4.69, 9.17) is 9.84 Å². The fourth-order valence-electron chi connectivity index (χ4n) is 1.06. The van der Waals surface area contributed by atoms with Crippen LogP contribution in [0.5, 0.6) is 17.2 Å². The highest BCUT2D eigenvalue weighted by Crippen LogP contribution is 2.32. The van der Waals surface area contributed by atoms with Crippen molar-refractivity contribution in [3.63, 3.8) is 0 Å². The normalized spacial score (nSPS) is 9.79. The van der Waals surface area contributed by atoms with Crippen molar-refractivity contribution >= 4 is 5.97 Å². The number of hydrogen-bond acceptors (Lipinski definition) is 4. The minimum Gasteiger partial charge on any atom is -0.507 e. The Labute approximate surface area is 80.2 Å². The van der Waals surface area contributed by atoms with Crippen molar-refractivity contribution in [1.29, 1.82) is 0 Å². The predicted octanol–water partition coefficient (Wildman–Crippen LogP) is 1.19. The van der Waals surface area contributed by atoms with Gasteiger partial charge in [0.2, 0.25) is 0 Å². The number of aromatic hydroxyl groups is 2. The molecule has 0 saturated heterocycles. The number of hydrogen-bond donors (Lipinski definition) is 3. The van der Waals surface area contributed by atoms with E-state index >= 15 is 0 Å². The van der Waals surface area contributed by atoms with Crippen molar-refractivity contribution in [2.24, 2.45) is 0 Å². The van der Waals surface area contributed by atoms with Crippen LogP contribution >= 0.6 is 0 Å². The van der Waals surface area contributed by atoms with Crippen LogP contribution < -0.4 is 4.74 Å². The number of carboxylic acids is 1. The van der Waals surface area contributed by atoms with E-state index in [9.17, 15) is 15.0 Å². The van der Waals surface area contributed by atoms with E-state index in [2.05, 4.69) is 0 Å². The molecule has 0 aliphatic rings. The number of aromatic carboxylic acids is 1. The zero-order valence-electron chi connectivity index (χ0n) is 7.52. The van der Waals surface area contributed by atoms with Crippen LogP contribution in [0.2, 0.25) is 0 Å². The number of rotatable bonds is 3. The summed E-state index contributed by atoms with van der Waals surface area (Å²) in [6, 6.07) is 2.29. The van der Waals surface area contributed by atoms with Gasteiger partial charge in [0.15, 0.2) is 0 Å². The number of carboxylic acid groups (broad SMARTS) is 1. The number of phenols is 2. The highest BCUT2D eigenvalue weighted by atomic mass is 16.5. The molecule has 3 N–H and O–H groups in total. The summed E-state index contributed by atoms with van der Waals surface area (Å²) in [6.07, 6.45) is 0. The largest absolute Gasteiger partial charge is 0.507 e. The Kier molecular flexibility index (Phi) is 2.81. The van der Waals surface area contributed by atoms with E-state index in [0.717, 1.165) is 12.1 Å². The minimum absolute atomic E-state index is 0.229. The summed E-state index contributed by atoms with van der Waals surface area (Å²) < 4.78 is 4.99. The third kappa shape index (κ3) is 1.87. The van der Waals surface area contributed by atoms with Gasteiger partial charge in [-0.05, 0) is 6.92 Å². The molecule has 0 spiro atoms. The van der Waals surface area contributed by atoms with Gasteiger partial charge in [0.25, 0.3) is 0 Å². The molecule has 0 radical (unpaired) electrons. The zero-order chi connectivity index (χ0) is 10.7. The molecule has 5 heteroatoms. The van der Waals surface area contributed by atoms with Crippen LogP contribution in [0.4, 0.5) is 0 Å². The average molecular weight is 198 g/mol. The molecule has 0 fully saturated rings. The van der Waals surface area contributed by atoms with E-state index in [1.54, 1.807) is 6.92 Å². The first kappa shape index (κ1) is 10.2. The van der Waals surface area contributed by atoms with Crippen LogP contribution in [-0.2, 0) is 0 Å². The molecule has 0 heterocycles. The van der Waals surface area contributed by atoms with Crippen molar-refractivity contribution in [2.75, 3.05) is 6.61 Å². The molecule has 5 nitrogen and oxygen atoms in total.